The minimum Gasteiger partial charge on any atom is -0.314 e. The Balaban J connectivity index is 4.55. The van der Waals surface area contributed by atoms with E-state index in [0.29, 0.717) is 0 Å². The van der Waals surface area contributed by atoms with Crippen LogP contribution in [0.15, 0.2) is 12.3 Å². The van der Waals surface area contributed by atoms with Crippen LogP contribution >= 0.6 is 0 Å². The van der Waals surface area contributed by atoms with E-state index >= 15 is 0 Å². The summed E-state index contributed by atoms with van der Waals surface area (Å²) in [4.78, 5) is 0. The second kappa shape index (κ2) is 5.57. The molecule has 78 valence electrons. The van der Waals surface area contributed by atoms with Gasteiger partial charge in [-0.1, -0.05) is 25.5 Å². The van der Waals surface area contributed by atoms with Gasteiger partial charge in [0.1, 0.15) is 0 Å². The van der Waals surface area contributed by atoms with E-state index in [4.69, 9.17) is 0 Å². The third-order valence-corrected chi connectivity index (χ3v) is 7.62. The lowest BCUT2D eigenvalue weighted by atomic mass is 10.4. The molecule has 0 spiro atoms. The molecule has 0 heterocycles. The Kier molecular flexibility index (Phi) is 5.52. The molecule has 0 saturated heterocycles. The normalized spacial score (nSPS) is 12.5. The minimum atomic E-state index is -1.51. The fourth-order valence-electron chi connectivity index (χ4n) is 1.75. The van der Waals surface area contributed by atoms with Gasteiger partial charge in [0.15, 0.2) is 0 Å². The zero-order valence-electron chi connectivity index (χ0n) is 9.80. The summed E-state index contributed by atoms with van der Waals surface area (Å²) in [6.07, 6.45) is 2.57. The topological polar surface area (TPSA) is 6.48 Å². The molecule has 0 amide bonds. The smallest absolute Gasteiger partial charge is 0.230 e. The van der Waals surface area contributed by atoms with E-state index in [9.17, 15) is 0 Å². The molecule has 0 aromatic carbocycles. The van der Waals surface area contributed by atoms with Gasteiger partial charge in [-0.15, -0.1) is 6.58 Å². The van der Waals surface area contributed by atoms with Crippen LogP contribution in [-0.2, 0) is 0 Å². The molecule has 2 nitrogen and oxygen atoms in total. The highest BCUT2D eigenvalue weighted by atomic mass is 28.3. The first kappa shape index (κ1) is 12.9. The van der Waals surface area contributed by atoms with E-state index in [1.165, 1.54) is 18.9 Å². The van der Waals surface area contributed by atoms with Crippen LogP contribution in [0.25, 0.3) is 0 Å². The fraction of sp³-hybridized carbons (Fsp3) is 0.800. The lowest BCUT2D eigenvalue weighted by molar-refractivity contribution is 0.486. The lowest BCUT2D eigenvalue weighted by Gasteiger charge is -2.40. The van der Waals surface area contributed by atoms with Crippen molar-refractivity contribution in [1.29, 1.82) is 0 Å². The van der Waals surface area contributed by atoms with Gasteiger partial charge >= 0.3 is 0 Å². The third-order valence-electron chi connectivity index (χ3n) is 2.77. The third kappa shape index (κ3) is 2.93. The summed E-state index contributed by atoms with van der Waals surface area (Å²) in [5.74, 6) is 0. The molecule has 0 bridgehead atoms. The van der Waals surface area contributed by atoms with Crippen LogP contribution in [-0.4, -0.2) is 45.7 Å². The quantitative estimate of drug-likeness (QED) is 0.606. The Morgan fingerprint density at radius 1 is 1.15 bits per heavy atom. The van der Waals surface area contributed by atoms with E-state index in [0.717, 1.165) is 0 Å². The first-order valence-electron chi connectivity index (χ1n) is 4.99. The molecule has 0 saturated carbocycles. The average molecular weight is 200 g/mol. The summed E-state index contributed by atoms with van der Waals surface area (Å²) >= 11 is 0. The number of hydrogen-bond donors (Lipinski definition) is 0. The summed E-state index contributed by atoms with van der Waals surface area (Å²) in [5, 5.41) is 0. The molecule has 0 aromatic rings. The number of unbranched alkanes of at least 4 members (excludes halogenated alkanes) is 1. The standard InChI is InChI=1S/C10H24N2Si/c1-7-9-10-13(8-2,11(3)4)12(5)6/h8H,2,7,9-10H2,1,3-6H3. The van der Waals surface area contributed by atoms with E-state index < -0.39 is 8.40 Å². The van der Waals surface area contributed by atoms with Gasteiger partial charge in [-0.25, -0.2) is 0 Å². The molecule has 0 rings (SSSR count). The Labute approximate surface area is 84.4 Å². The average Bonchev–Trinajstić information content (AvgIpc) is 2.05. The predicted molar refractivity (Wildman–Crippen MR) is 63.0 cm³/mol. The summed E-state index contributed by atoms with van der Waals surface area (Å²) in [6, 6.07) is 1.28. The molecule has 0 aromatic heterocycles. The van der Waals surface area contributed by atoms with Crippen LogP contribution < -0.4 is 0 Å². The van der Waals surface area contributed by atoms with Crippen LogP contribution in [0, 0.1) is 0 Å². The van der Waals surface area contributed by atoms with Gasteiger partial charge in [0, 0.05) is 0 Å². The number of rotatable bonds is 6. The van der Waals surface area contributed by atoms with Crippen LogP contribution in [0.3, 0.4) is 0 Å². The SMILES string of the molecule is C=C[Si](CCCC)(N(C)C)N(C)C. The van der Waals surface area contributed by atoms with Crippen LogP contribution in [0.1, 0.15) is 19.8 Å². The van der Waals surface area contributed by atoms with Gasteiger partial charge < -0.3 is 9.13 Å². The van der Waals surface area contributed by atoms with Gasteiger partial charge in [0.25, 0.3) is 0 Å². The van der Waals surface area contributed by atoms with Gasteiger partial charge in [-0.2, -0.15) is 0 Å². The Morgan fingerprint density at radius 2 is 1.62 bits per heavy atom. The second-order valence-electron chi connectivity index (χ2n) is 3.98. The number of hydrogen-bond acceptors (Lipinski definition) is 2. The highest BCUT2D eigenvalue weighted by molar-refractivity contribution is 6.79. The summed E-state index contributed by atoms with van der Waals surface area (Å²) < 4.78 is 4.74. The molecule has 0 aliphatic rings. The maximum absolute atomic E-state index is 4.01. The van der Waals surface area contributed by atoms with Crippen molar-refractivity contribution in [3.8, 4) is 0 Å². The van der Waals surface area contributed by atoms with Crippen LogP contribution in [0.5, 0.6) is 0 Å². The predicted octanol–water partition coefficient (Wildman–Crippen LogP) is 2.08. The highest BCUT2D eigenvalue weighted by Gasteiger charge is 2.34. The largest absolute Gasteiger partial charge is 0.314 e. The zero-order chi connectivity index (χ0) is 10.5. The van der Waals surface area contributed by atoms with Gasteiger partial charge in [-0.3, -0.25) is 0 Å². The van der Waals surface area contributed by atoms with Gasteiger partial charge in [0.2, 0.25) is 8.40 Å². The van der Waals surface area contributed by atoms with Crippen molar-refractivity contribution in [1.82, 2.24) is 9.13 Å². The Morgan fingerprint density at radius 3 is 1.85 bits per heavy atom. The van der Waals surface area contributed by atoms with Crippen LogP contribution in [0.4, 0.5) is 0 Å². The molecule has 13 heavy (non-hydrogen) atoms. The maximum atomic E-state index is 4.01. The first-order valence-corrected chi connectivity index (χ1v) is 7.17. The second-order valence-corrected chi connectivity index (χ2v) is 8.43. The molecule has 0 aliphatic carbocycles. The number of nitrogens with zero attached hydrogens (tertiary/aromatic N) is 2. The monoisotopic (exact) mass is 200 g/mol. The van der Waals surface area contributed by atoms with E-state index in [2.05, 4.69) is 56.5 Å². The van der Waals surface area contributed by atoms with Crippen LogP contribution in [0.2, 0.25) is 6.04 Å². The molecule has 0 radical (unpaired) electrons. The van der Waals surface area contributed by atoms with Crippen molar-refractivity contribution in [2.24, 2.45) is 0 Å². The van der Waals surface area contributed by atoms with Crippen molar-refractivity contribution in [3.63, 3.8) is 0 Å². The molecule has 0 aliphatic heterocycles. The lowest BCUT2D eigenvalue weighted by Crippen LogP contribution is -2.59. The van der Waals surface area contributed by atoms with Crippen molar-refractivity contribution >= 4 is 8.40 Å². The zero-order valence-corrected chi connectivity index (χ0v) is 10.8. The molecule has 0 fully saturated rings. The van der Waals surface area contributed by atoms with E-state index in [-0.39, 0.29) is 0 Å². The maximum Gasteiger partial charge on any atom is 0.230 e. The molecular formula is C10H24N2Si. The van der Waals surface area contributed by atoms with E-state index in [1.807, 2.05) is 0 Å². The molecular weight excluding hydrogens is 176 g/mol. The first-order chi connectivity index (χ1) is 6.01. The van der Waals surface area contributed by atoms with Gasteiger partial charge in [-0.05, 0) is 34.2 Å². The highest BCUT2D eigenvalue weighted by Crippen LogP contribution is 2.19. The summed E-state index contributed by atoms with van der Waals surface area (Å²) in [5.41, 5.74) is 2.18. The molecule has 0 atom stereocenters. The van der Waals surface area contributed by atoms with Gasteiger partial charge in [0.05, 0.1) is 0 Å². The fourth-order valence-corrected chi connectivity index (χ4v) is 5.25. The Hall–Kier alpha value is -0.123. The molecule has 3 heteroatoms. The molecule has 0 unspecified atom stereocenters. The van der Waals surface area contributed by atoms with Crippen molar-refractivity contribution < 1.29 is 0 Å². The summed E-state index contributed by atoms with van der Waals surface area (Å²) in [6.45, 7) is 6.25. The van der Waals surface area contributed by atoms with Crippen molar-refractivity contribution in [3.05, 3.63) is 12.3 Å². The minimum absolute atomic E-state index is 1.27. The van der Waals surface area contributed by atoms with E-state index in [1.54, 1.807) is 0 Å². The molecule has 0 N–H and O–H groups in total. The van der Waals surface area contributed by atoms with Crippen molar-refractivity contribution in [2.45, 2.75) is 25.8 Å². The van der Waals surface area contributed by atoms with Crippen molar-refractivity contribution in [2.75, 3.05) is 28.2 Å². The Bertz CT molecular complexity index is 147. The summed E-state index contributed by atoms with van der Waals surface area (Å²) in [7, 11) is 7.17.